The molecule has 5 nitrogen and oxygen atoms in total. The molecule has 86 valence electrons. The lowest BCUT2D eigenvalue weighted by Crippen LogP contribution is -2.21. The van der Waals surface area contributed by atoms with Gasteiger partial charge < -0.3 is 11.1 Å². The Morgan fingerprint density at radius 1 is 1.24 bits per heavy atom. The average Bonchev–Trinajstić information content (AvgIpc) is 2.28. The molecule has 1 heterocycles. The summed E-state index contributed by atoms with van der Waals surface area (Å²) in [5, 5.41) is 3.53. The summed E-state index contributed by atoms with van der Waals surface area (Å²) in [5.74, 6) is -1.09. The first-order valence-corrected chi connectivity index (χ1v) is 5.09. The zero-order chi connectivity index (χ0) is 12.3. The zero-order valence-electron chi connectivity index (χ0n) is 9.01. The number of benzene rings is 1. The van der Waals surface area contributed by atoms with Crippen LogP contribution in [0.1, 0.15) is 6.42 Å². The Morgan fingerprint density at radius 2 is 2.00 bits per heavy atom. The van der Waals surface area contributed by atoms with Crippen molar-refractivity contribution in [1.82, 2.24) is 4.98 Å². The van der Waals surface area contributed by atoms with Gasteiger partial charge in [-0.1, -0.05) is 18.2 Å². The molecule has 0 saturated carbocycles. The second-order valence-electron chi connectivity index (χ2n) is 3.57. The Hall–Kier alpha value is -2.43. The maximum Gasteiger partial charge on any atom is 0.233 e. The van der Waals surface area contributed by atoms with Crippen LogP contribution >= 0.6 is 0 Å². The lowest BCUT2D eigenvalue weighted by atomic mass is 10.2. The molecule has 0 aliphatic rings. The van der Waals surface area contributed by atoms with Crippen molar-refractivity contribution in [3.8, 4) is 0 Å². The first-order valence-electron chi connectivity index (χ1n) is 5.09. The molecular weight excluding hydrogens is 218 g/mol. The number of aromatic nitrogens is 1. The molecular formula is C12H11N3O2. The minimum atomic E-state index is -0.657. The lowest BCUT2D eigenvalue weighted by Gasteiger charge is -2.06. The number of rotatable bonds is 3. The molecule has 0 aliphatic carbocycles. The number of anilines is 1. The van der Waals surface area contributed by atoms with Crippen molar-refractivity contribution in [2.24, 2.45) is 5.73 Å². The lowest BCUT2D eigenvalue weighted by molar-refractivity contribution is -0.124. The summed E-state index contributed by atoms with van der Waals surface area (Å²) in [4.78, 5) is 26.2. The number of hydrogen-bond acceptors (Lipinski definition) is 3. The van der Waals surface area contributed by atoms with E-state index in [1.54, 1.807) is 12.3 Å². The molecule has 0 aliphatic heterocycles. The van der Waals surface area contributed by atoms with Gasteiger partial charge in [0.05, 0.1) is 11.2 Å². The largest absolute Gasteiger partial charge is 0.369 e. The summed E-state index contributed by atoms with van der Waals surface area (Å²) in [6.07, 6.45) is 1.31. The van der Waals surface area contributed by atoms with E-state index in [1.165, 1.54) is 0 Å². The number of nitrogens with zero attached hydrogens (tertiary/aromatic N) is 1. The van der Waals surface area contributed by atoms with Crippen molar-refractivity contribution in [2.75, 3.05) is 5.32 Å². The molecule has 0 fully saturated rings. The predicted octanol–water partition coefficient (Wildman–Crippen LogP) is 1.05. The van der Waals surface area contributed by atoms with Crippen LogP contribution in [-0.2, 0) is 9.59 Å². The maximum absolute atomic E-state index is 11.4. The first kappa shape index (κ1) is 11.1. The van der Waals surface area contributed by atoms with Crippen LogP contribution in [0.4, 0.5) is 5.69 Å². The third-order valence-corrected chi connectivity index (χ3v) is 2.24. The fraction of sp³-hybridized carbons (Fsp3) is 0.0833. The Labute approximate surface area is 97.6 Å². The number of amides is 2. The highest BCUT2D eigenvalue weighted by Gasteiger charge is 2.08. The minimum Gasteiger partial charge on any atom is -0.369 e. The fourth-order valence-corrected chi connectivity index (χ4v) is 1.56. The number of carbonyl (C=O) groups excluding carboxylic acids is 2. The van der Waals surface area contributed by atoms with Gasteiger partial charge in [0.1, 0.15) is 6.42 Å². The van der Waals surface area contributed by atoms with Gasteiger partial charge in [0.15, 0.2) is 0 Å². The summed E-state index contributed by atoms with van der Waals surface area (Å²) in [7, 11) is 0. The van der Waals surface area contributed by atoms with Crippen molar-refractivity contribution >= 4 is 28.4 Å². The highest BCUT2D eigenvalue weighted by molar-refractivity contribution is 6.06. The van der Waals surface area contributed by atoms with Crippen LogP contribution in [-0.4, -0.2) is 16.8 Å². The molecule has 0 saturated heterocycles. The van der Waals surface area contributed by atoms with Crippen LogP contribution in [0.3, 0.4) is 0 Å². The zero-order valence-corrected chi connectivity index (χ0v) is 9.01. The molecule has 0 unspecified atom stereocenters. The number of nitrogens with two attached hydrogens (primary N) is 1. The molecule has 17 heavy (non-hydrogen) atoms. The van der Waals surface area contributed by atoms with E-state index in [9.17, 15) is 9.59 Å². The van der Waals surface area contributed by atoms with E-state index >= 15 is 0 Å². The molecule has 1 aromatic heterocycles. The van der Waals surface area contributed by atoms with Crippen molar-refractivity contribution in [1.29, 1.82) is 0 Å². The van der Waals surface area contributed by atoms with E-state index in [-0.39, 0.29) is 6.42 Å². The molecule has 1 aromatic carbocycles. The quantitative estimate of drug-likeness (QED) is 0.771. The highest BCUT2D eigenvalue weighted by atomic mass is 16.2. The van der Waals surface area contributed by atoms with E-state index in [4.69, 9.17) is 5.73 Å². The van der Waals surface area contributed by atoms with Gasteiger partial charge in [-0.2, -0.15) is 0 Å². The maximum atomic E-state index is 11.4. The number of pyridine rings is 1. The number of fused-ring (bicyclic) bond motifs is 1. The van der Waals surface area contributed by atoms with Gasteiger partial charge in [-0.25, -0.2) is 0 Å². The normalized spacial score (nSPS) is 10.1. The molecule has 0 radical (unpaired) electrons. The van der Waals surface area contributed by atoms with E-state index < -0.39 is 11.8 Å². The van der Waals surface area contributed by atoms with Crippen LogP contribution < -0.4 is 11.1 Å². The highest BCUT2D eigenvalue weighted by Crippen LogP contribution is 2.20. The van der Waals surface area contributed by atoms with E-state index in [1.807, 2.05) is 24.3 Å². The number of carbonyl (C=O) groups is 2. The summed E-state index contributed by atoms with van der Waals surface area (Å²) in [5.41, 5.74) is 6.21. The minimum absolute atomic E-state index is 0.330. The van der Waals surface area contributed by atoms with Crippen LogP contribution in [0.5, 0.6) is 0 Å². The molecule has 3 N–H and O–H groups in total. The van der Waals surface area contributed by atoms with Gasteiger partial charge in [-0.3, -0.25) is 14.6 Å². The predicted molar refractivity (Wildman–Crippen MR) is 64.2 cm³/mol. The second-order valence-corrected chi connectivity index (χ2v) is 3.57. The number of hydrogen-bond donors (Lipinski definition) is 2. The molecule has 2 amide bonds. The van der Waals surface area contributed by atoms with Crippen molar-refractivity contribution in [3.63, 3.8) is 0 Å². The van der Waals surface area contributed by atoms with Crippen molar-refractivity contribution < 1.29 is 9.59 Å². The smallest absolute Gasteiger partial charge is 0.233 e. The Morgan fingerprint density at radius 3 is 2.76 bits per heavy atom. The second kappa shape index (κ2) is 4.61. The molecule has 2 rings (SSSR count). The molecule has 0 bridgehead atoms. The van der Waals surface area contributed by atoms with Crippen LogP contribution in [0.2, 0.25) is 0 Å². The fourth-order valence-electron chi connectivity index (χ4n) is 1.56. The summed E-state index contributed by atoms with van der Waals surface area (Å²) in [6.45, 7) is 0. The van der Waals surface area contributed by atoms with Crippen LogP contribution in [0.15, 0.2) is 36.5 Å². The SMILES string of the molecule is NC(=O)CC(=O)Nc1cccc2cccnc12. The third-order valence-electron chi connectivity index (χ3n) is 2.24. The molecule has 0 spiro atoms. The summed E-state index contributed by atoms with van der Waals surface area (Å²) < 4.78 is 0. The standard InChI is InChI=1S/C12H11N3O2/c13-10(16)7-11(17)15-9-5-1-3-8-4-2-6-14-12(8)9/h1-6H,7H2,(H2,13,16)(H,15,17). The van der Waals surface area contributed by atoms with Gasteiger partial charge in [0, 0.05) is 11.6 Å². The Balaban J connectivity index is 2.30. The Kier molecular flexibility index (Phi) is 3.00. The molecule has 0 atom stereocenters. The van der Waals surface area contributed by atoms with Gasteiger partial charge in [-0.05, 0) is 12.1 Å². The van der Waals surface area contributed by atoms with Crippen molar-refractivity contribution in [3.05, 3.63) is 36.5 Å². The first-order chi connectivity index (χ1) is 8.16. The summed E-state index contributed by atoms with van der Waals surface area (Å²) >= 11 is 0. The van der Waals surface area contributed by atoms with Gasteiger partial charge in [-0.15, -0.1) is 0 Å². The third kappa shape index (κ3) is 2.57. The molecule has 5 heteroatoms. The monoisotopic (exact) mass is 229 g/mol. The van der Waals surface area contributed by atoms with E-state index in [2.05, 4.69) is 10.3 Å². The van der Waals surface area contributed by atoms with E-state index in [0.29, 0.717) is 11.2 Å². The van der Waals surface area contributed by atoms with Crippen LogP contribution in [0.25, 0.3) is 10.9 Å². The summed E-state index contributed by atoms with van der Waals surface area (Å²) in [6, 6.07) is 9.15. The molecule has 2 aromatic rings. The van der Waals surface area contributed by atoms with Gasteiger partial charge in [0.2, 0.25) is 11.8 Å². The Bertz CT molecular complexity index is 575. The van der Waals surface area contributed by atoms with E-state index in [0.717, 1.165) is 5.39 Å². The average molecular weight is 229 g/mol. The topological polar surface area (TPSA) is 85.1 Å². The van der Waals surface area contributed by atoms with Crippen molar-refractivity contribution in [2.45, 2.75) is 6.42 Å². The number of primary amides is 1. The van der Waals surface area contributed by atoms with Crippen LogP contribution in [0, 0.1) is 0 Å². The number of para-hydroxylation sites is 1. The van der Waals surface area contributed by atoms with Gasteiger partial charge >= 0.3 is 0 Å². The number of nitrogens with one attached hydrogen (secondary N) is 1. The van der Waals surface area contributed by atoms with Gasteiger partial charge in [0.25, 0.3) is 0 Å².